The molecule has 0 heterocycles. The topological polar surface area (TPSA) is 64.3 Å². The van der Waals surface area contributed by atoms with Crippen molar-refractivity contribution in [2.45, 2.75) is 32.8 Å². The van der Waals surface area contributed by atoms with Gasteiger partial charge in [-0.05, 0) is 32.8 Å². The van der Waals surface area contributed by atoms with Gasteiger partial charge in [0.2, 0.25) is 5.91 Å². The number of nitrogens with zero attached hydrogens (tertiary/aromatic N) is 2. The molecule has 1 amide bonds. The van der Waals surface area contributed by atoms with Crippen molar-refractivity contribution >= 4 is 5.91 Å². The molecular weight excluding hydrogens is 252 g/mol. The Morgan fingerprint density at radius 3 is 2.45 bits per heavy atom. The molecule has 1 aromatic rings. The summed E-state index contributed by atoms with van der Waals surface area (Å²) in [5, 5.41) is 19.1. The van der Waals surface area contributed by atoms with Gasteiger partial charge in [0.15, 0.2) is 0 Å². The van der Waals surface area contributed by atoms with E-state index >= 15 is 0 Å². The van der Waals surface area contributed by atoms with E-state index in [-0.39, 0.29) is 12.5 Å². The van der Waals surface area contributed by atoms with Crippen LogP contribution < -0.4 is 0 Å². The molecule has 0 bridgehead atoms. The number of rotatable bonds is 6. The van der Waals surface area contributed by atoms with Crippen LogP contribution in [0.4, 0.5) is 0 Å². The van der Waals surface area contributed by atoms with Gasteiger partial charge >= 0.3 is 0 Å². The average molecular weight is 274 g/mol. The van der Waals surface area contributed by atoms with Crippen molar-refractivity contribution in [2.24, 2.45) is 5.92 Å². The molecule has 1 rings (SSSR count). The molecule has 4 nitrogen and oxygen atoms in total. The molecule has 0 aliphatic rings. The summed E-state index contributed by atoms with van der Waals surface area (Å²) in [6.45, 7) is 5.87. The Morgan fingerprint density at radius 2 is 2.00 bits per heavy atom. The summed E-state index contributed by atoms with van der Waals surface area (Å²) in [5.41, 5.74) is 0.00465. The van der Waals surface area contributed by atoms with Crippen molar-refractivity contribution in [2.75, 3.05) is 13.1 Å². The van der Waals surface area contributed by atoms with Crippen LogP contribution in [0, 0.1) is 17.2 Å². The maximum absolute atomic E-state index is 12.4. The lowest BCUT2D eigenvalue weighted by Gasteiger charge is -2.29. The van der Waals surface area contributed by atoms with E-state index in [4.69, 9.17) is 0 Å². The van der Waals surface area contributed by atoms with E-state index < -0.39 is 11.5 Å². The van der Waals surface area contributed by atoms with Crippen LogP contribution in [0.15, 0.2) is 30.3 Å². The SMILES string of the molecule is CCN(CC(C)(C)O)C(=O)C(C#N)Cc1ccccc1. The number of hydrogen-bond acceptors (Lipinski definition) is 3. The van der Waals surface area contributed by atoms with Crippen LogP contribution in [0.1, 0.15) is 26.3 Å². The van der Waals surface area contributed by atoms with Gasteiger partial charge in [0.1, 0.15) is 5.92 Å². The zero-order valence-corrected chi connectivity index (χ0v) is 12.3. The highest BCUT2D eigenvalue weighted by Gasteiger charge is 2.27. The number of likely N-dealkylation sites (N-methyl/N-ethyl adjacent to an activating group) is 1. The van der Waals surface area contributed by atoms with Crippen LogP contribution in [0.25, 0.3) is 0 Å². The zero-order valence-electron chi connectivity index (χ0n) is 12.3. The van der Waals surface area contributed by atoms with E-state index in [1.54, 1.807) is 13.8 Å². The predicted octanol–water partition coefficient (Wildman–Crippen LogP) is 1.99. The standard InChI is InChI=1S/C16H22N2O2/c1-4-18(12-16(2,3)20)15(19)14(11-17)10-13-8-6-5-7-9-13/h5-9,14,20H,4,10,12H2,1-3H3. The van der Waals surface area contributed by atoms with Gasteiger partial charge in [-0.25, -0.2) is 0 Å². The molecule has 0 fully saturated rings. The quantitative estimate of drug-likeness (QED) is 0.862. The highest BCUT2D eigenvalue weighted by molar-refractivity contribution is 5.81. The summed E-state index contributed by atoms with van der Waals surface area (Å²) < 4.78 is 0. The summed E-state index contributed by atoms with van der Waals surface area (Å²) in [6.07, 6.45) is 0.401. The van der Waals surface area contributed by atoms with E-state index in [1.165, 1.54) is 4.90 Å². The molecule has 4 heteroatoms. The number of nitriles is 1. The third-order valence-electron chi connectivity index (χ3n) is 3.01. The minimum atomic E-state index is -0.960. The summed E-state index contributed by atoms with van der Waals surface area (Å²) in [6, 6.07) is 11.6. The van der Waals surface area contributed by atoms with Gasteiger partial charge in [0.25, 0.3) is 0 Å². The summed E-state index contributed by atoms with van der Waals surface area (Å²) in [5.74, 6) is -0.930. The molecule has 20 heavy (non-hydrogen) atoms. The third kappa shape index (κ3) is 5.02. The van der Waals surface area contributed by atoms with Crippen LogP contribution >= 0.6 is 0 Å². The van der Waals surface area contributed by atoms with E-state index in [9.17, 15) is 15.2 Å². The smallest absolute Gasteiger partial charge is 0.240 e. The summed E-state index contributed by atoms with van der Waals surface area (Å²) in [7, 11) is 0. The van der Waals surface area contributed by atoms with Crippen LogP contribution in [-0.2, 0) is 11.2 Å². The largest absolute Gasteiger partial charge is 0.389 e. The molecule has 0 aliphatic heterocycles. The molecule has 1 N–H and O–H groups in total. The lowest BCUT2D eigenvalue weighted by molar-refractivity contribution is -0.136. The van der Waals surface area contributed by atoms with Crippen LogP contribution in [0.2, 0.25) is 0 Å². The van der Waals surface area contributed by atoms with Crippen LogP contribution in [0.5, 0.6) is 0 Å². The second kappa shape index (κ2) is 7.06. The number of carbonyl (C=O) groups is 1. The second-order valence-corrected chi connectivity index (χ2v) is 5.54. The fourth-order valence-electron chi connectivity index (χ4n) is 2.07. The highest BCUT2D eigenvalue weighted by Crippen LogP contribution is 2.14. The highest BCUT2D eigenvalue weighted by atomic mass is 16.3. The first-order valence-corrected chi connectivity index (χ1v) is 6.82. The predicted molar refractivity (Wildman–Crippen MR) is 77.8 cm³/mol. The molecule has 1 aromatic carbocycles. The van der Waals surface area contributed by atoms with Crippen molar-refractivity contribution in [1.82, 2.24) is 4.90 Å². The maximum Gasteiger partial charge on any atom is 0.240 e. The first-order chi connectivity index (χ1) is 9.37. The summed E-state index contributed by atoms with van der Waals surface area (Å²) >= 11 is 0. The minimum Gasteiger partial charge on any atom is -0.389 e. The third-order valence-corrected chi connectivity index (χ3v) is 3.01. The molecule has 0 saturated heterocycles. The average Bonchev–Trinajstić information content (AvgIpc) is 2.41. The van der Waals surface area contributed by atoms with Gasteiger partial charge in [-0.1, -0.05) is 30.3 Å². The molecular formula is C16H22N2O2. The van der Waals surface area contributed by atoms with Gasteiger partial charge in [0, 0.05) is 13.1 Å². The van der Waals surface area contributed by atoms with Crippen molar-refractivity contribution in [3.63, 3.8) is 0 Å². The number of amides is 1. The van der Waals surface area contributed by atoms with E-state index in [0.717, 1.165) is 5.56 Å². The number of benzene rings is 1. The van der Waals surface area contributed by atoms with Gasteiger partial charge in [-0.2, -0.15) is 5.26 Å². The Labute approximate surface area is 120 Å². The Balaban J connectivity index is 2.78. The molecule has 0 saturated carbocycles. The first-order valence-electron chi connectivity index (χ1n) is 6.82. The molecule has 0 aromatic heterocycles. The van der Waals surface area contributed by atoms with E-state index in [1.807, 2.05) is 37.3 Å². The fraction of sp³-hybridized carbons (Fsp3) is 0.500. The number of aliphatic hydroxyl groups is 1. The fourth-order valence-corrected chi connectivity index (χ4v) is 2.07. The van der Waals surface area contributed by atoms with Crippen molar-refractivity contribution in [3.05, 3.63) is 35.9 Å². The molecule has 1 unspecified atom stereocenters. The van der Waals surface area contributed by atoms with Gasteiger partial charge in [-0.3, -0.25) is 4.79 Å². The number of hydrogen-bond donors (Lipinski definition) is 1. The van der Waals surface area contributed by atoms with Gasteiger partial charge < -0.3 is 10.0 Å². The minimum absolute atomic E-state index is 0.221. The van der Waals surface area contributed by atoms with Gasteiger partial charge in [-0.15, -0.1) is 0 Å². The second-order valence-electron chi connectivity index (χ2n) is 5.54. The van der Waals surface area contributed by atoms with Crippen molar-refractivity contribution in [1.29, 1.82) is 5.26 Å². The van der Waals surface area contributed by atoms with Crippen molar-refractivity contribution < 1.29 is 9.90 Å². The number of carbonyl (C=O) groups excluding carboxylic acids is 1. The molecule has 108 valence electrons. The molecule has 0 aliphatic carbocycles. The monoisotopic (exact) mass is 274 g/mol. The summed E-state index contributed by atoms with van der Waals surface area (Å²) in [4.78, 5) is 13.9. The maximum atomic E-state index is 12.4. The molecule has 0 spiro atoms. The van der Waals surface area contributed by atoms with Gasteiger partial charge in [0.05, 0.1) is 11.7 Å². The Kier molecular flexibility index (Phi) is 5.72. The van der Waals surface area contributed by atoms with E-state index in [0.29, 0.717) is 13.0 Å². The van der Waals surface area contributed by atoms with Crippen LogP contribution in [-0.4, -0.2) is 34.6 Å². The Morgan fingerprint density at radius 1 is 1.40 bits per heavy atom. The van der Waals surface area contributed by atoms with Crippen molar-refractivity contribution in [3.8, 4) is 6.07 Å². The molecule has 1 atom stereocenters. The normalized spacial score (nSPS) is 12.6. The zero-order chi connectivity index (χ0) is 15.2. The van der Waals surface area contributed by atoms with Crippen LogP contribution in [0.3, 0.4) is 0 Å². The first kappa shape index (κ1) is 16.2. The molecule has 0 radical (unpaired) electrons. The lowest BCUT2D eigenvalue weighted by atomic mass is 9.98. The Bertz CT molecular complexity index is 471. The lowest BCUT2D eigenvalue weighted by Crippen LogP contribution is -2.44. The van der Waals surface area contributed by atoms with E-state index in [2.05, 4.69) is 6.07 Å². The Hall–Kier alpha value is -1.86.